The SMILES string of the molecule is COC(=O)Nc1cccc2cc3cccc4c3c(c12)C(=O)N(CCN(C)C)C4=O. The van der Waals surface area contributed by atoms with E-state index < -0.39 is 6.09 Å². The molecule has 0 unspecified atom stereocenters. The van der Waals surface area contributed by atoms with Gasteiger partial charge >= 0.3 is 6.09 Å². The van der Waals surface area contributed by atoms with Crippen LogP contribution < -0.4 is 5.32 Å². The van der Waals surface area contributed by atoms with Gasteiger partial charge in [-0.05, 0) is 43.1 Å². The summed E-state index contributed by atoms with van der Waals surface area (Å²) in [6.45, 7) is 0.838. The Morgan fingerprint density at radius 1 is 1.03 bits per heavy atom. The van der Waals surface area contributed by atoms with E-state index in [1.807, 2.05) is 43.3 Å². The second-order valence-electron chi connectivity index (χ2n) is 7.24. The second kappa shape index (κ2) is 7.18. The molecule has 1 aliphatic rings. The molecule has 1 heterocycles. The molecular formula is C22H21N3O4. The van der Waals surface area contributed by atoms with Crippen LogP contribution >= 0.6 is 0 Å². The summed E-state index contributed by atoms with van der Waals surface area (Å²) in [5.41, 5.74) is 1.39. The number of fused-ring (bicyclic) bond motifs is 2. The molecule has 0 spiro atoms. The lowest BCUT2D eigenvalue weighted by Gasteiger charge is -2.29. The van der Waals surface area contributed by atoms with Gasteiger partial charge < -0.3 is 9.64 Å². The molecular weight excluding hydrogens is 370 g/mol. The first kappa shape index (κ1) is 18.9. The smallest absolute Gasteiger partial charge is 0.411 e. The van der Waals surface area contributed by atoms with Gasteiger partial charge in [-0.1, -0.05) is 24.3 Å². The Hall–Kier alpha value is -3.45. The van der Waals surface area contributed by atoms with Gasteiger partial charge in [-0.15, -0.1) is 0 Å². The van der Waals surface area contributed by atoms with E-state index in [-0.39, 0.29) is 18.4 Å². The van der Waals surface area contributed by atoms with Crippen molar-refractivity contribution < 1.29 is 19.1 Å². The fourth-order valence-corrected chi connectivity index (χ4v) is 3.76. The van der Waals surface area contributed by atoms with E-state index in [4.69, 9.17) is 4.74 Å². The number of rotatable bonds is 4. The van der Waals surface area contributed by atoms with Gasteiger partial charge in [0, 0.05) is 29.4 Å². The highest BCUT2D eigenvalue weighted by Crippen LogP contribution is 2.38. The largest absolute Gasteiger partial charge is 0.453 e. The molecule has 7 heteroatoms. The molecule has 3 aromatic carbocycles. The summed E-state index contributed by atoms with van der Waals surface area (Å²) in [4.78, 5) is 41.6. The Balaban J connectivity index is 2.02. The number of benzene rings is 3. The van der Waals surface area contributed by atoms with E-state index in [1.165, 1.54) is 12.0 Å². The predicted octanol–water partition coefficient (Wildman–Crippen LogP) is 3.33. The van der Waals surface area contributed by atoms with Crippen LogP contribution in [0.15, 0.2) is 42.5 Å². The third-order valence-corrected chi connectivity index (χ3v) is 5.13. The van der Waals surface area contributed by atoms with Gasteiger partial charge in [0.1, 0.15) is 0 Å². The van der Waals surface area contributed by atoms with E-state index in [2.05, 4.69) is 5.32 Å². The highest BCUT2D eigenvalue weighted by molar-refractivity contribution is 6.32. The van der Waals surface area contributed by atoms with E-state index in [9.17, 15) is 14.4 Å². The minimum atomic E-state index is -0.623. The van der Waals surface area contributed by atoms with E-state index in [1.54, 1.807) is 18.2 Å². The molecule has 0 saturated heterocycles. The summed E-state index contributed by atoms with van der Waals surface area (Å²) in [5, 5.41) is 5.53. The van der Waals surface area contributed by atoms with Crippen molar-refractivity contribution in [2.75, 3.05) is 39.6 Å². The maximum absolute atomic E-state index is 13.5. The van der Waals surface area contributed by atoms with Crippen LogP contribution in [0, 0.1) is 0 Å². The van der Waals surface area contributed by atoms with Crippen LogP contribution in [0.5, 0.6) is 0 Å². The highest BCUT2D eigenvalue weighted by Gasteiger charge is 2.34. The number of anilines is 1. The number of hydrogen-bond donors (Lipinski definition) is 1. The zero-order valence-electron chi connectivity index (χ0n) is 16.5. The average molecular weight is 391 g/mol. The lowest BCUT2D eigenvalue weighted by atomic mass is 9.89. The van der Waals surface area contributed by atoms with Crippen molar-refractivity contribution >= 4 is 45.1 Å². The minimum Gasteiger partial charge on any atom is -0.453 e. The molecule has 7 nitrogen and oxygen atoms in total. The van der Waals surface area contributed by atoms with Gasteiger partial charge in [0.15, 0.2) is 0 Å². The van der Waals surface area contributed by atoms with Crippen molar-refractivity contribution in [3.05, 3.63) is 53.6 Å². The van der Waals surface area contributed by atoms with Crippen LogP contribution in [0.3, 0.4) is 0 Å². The van der Waals surface area contributed by atoms with Crippen molar-refractivity contribution in [1.29, 1.82) is 0 Å². The maximum atomic E-state index is 13.5. The fraction of sp³-hybridized carbons (Fsp3) is 0.227. The monoisotopic (exact) mass is 391 g/mol. The molecule has 1 N–H and O–H groups in total. The van der Waals surface area contributed by atoms with Crippen molar-refractivity contribution in [2.45, 2.75) is 0 Å². The fourth-order valence-electron chi connectivity index (χ4n) is 3.76. The standard InChI is InChI=1S/C22H21N3O4/c1-24(2)10-11-25-20(26)15-8-4-6-13-12-14-7-5-9-16(23-22(28)29-3)18(14)19(17(13)15)21(25)27/h4-9,12H,10-11H2,1-3H3,(H,23,28). The molecule has 0 aliphatic carbocycles. The number of amides is 3. The van der Waals surface area contributed by atoms with E-state index in [0.717, 1.165) is 10.8 Å². The second-order valence-corrected chi connectivity index (χ2v) is 7.24. The highest BCUT2D eigenvalue weighted by atomic mass is 16.5. The number of imide groups is 1. The van der Waals surface area contributed by atoms with E-state index in [0.29, 0.717) is 34.1 Å². The molecule has 29 heavy (non-hydrogen) atoms. The first-order valence-corrected chi connectivity index (χ1v) is 9.26. The molecule has 148 valence electrons. The molecule has 4 rings (SSSR count). The molecule has 0 atom stereocenters. The maximum Gasteiger partial charge on any atom is 0.411 e. The summed E-state index contributed by atoms with van der Waals surface area (Å²) in [6.07, 6.45) is -0.623. The number of nitrogens with zero attached hydrogens (tertiary/aromatic N) is 2. The van der Waals surface area contributed by atoms with Crippen LogP contribution in [0.2, 0.25) is 0 Å². The Morgan fingerprint density at radius 3 is 2.41 bits per heavy atom. The summed E-state index contributed by atoms with van der Waals surface area (Å²) in [6, 6.07) is 12.8. The Morgan fingerprint density at radius 2 is 1.72 bits per heavy atom. The summed E-state index contributed by atoms with van der Waals surface area (Å²) >= 11 is 0. The topological polar surface area (TPSA) is 79.0 Å². The summed E-state index contributed by atoms with van der Waals surface area (Å²) < 4.78 is 4.73. The van der Waals surface area contributed by atoms with E-state index >= 15 is 0 Å². The summed E-state index contributed by atoms with van der Waals surface area (Å²) in [7, 11) is 5.06. The van der Waals surface area contributed by atoms with Crippen LogP contribution in [-0.4, -0.2) is 62.0 Å². The van der Waals surface area contributed by atoms with Gasteiger partial charge in [-0.25, -0.2) is 4.79 Å². The van der Waals surface area contributed by atoms with Gasteiger partial charge in [0.2, 0.25) is 0 Å². The number of nitrogens with one attached hydrogen (secondary N) is 1. The minimum absolute atomic E-state index is 0.281. The van der Waals surface area contributed by atoms with Crippen LogP contribution in [0.25, 0.3) is 21.5 Å². The van der Waals surface area contributed by atoms with Crippen molar-refractivity contribution in [3.8, 4) is 0 Å². The van der Waals surface area contributed by atoms with Crippen molar-refractivity contribution in [3.63, 3.8) is 0 Å². The number of carbonyl (C=O) groups is 3. The van der Waals surface area contributed by atoms with Gasteiger partial charge in [-0.3, -0.25) is 19.8 Å². The lowest BCUT2D eigenvalue weighted by molar-refractivity contribution is 0.0602. The van der Waals surface area contributed by atoms with Gasteiger partial charge in [0.25, 0.3) is 11.8 Å². The lowest BCUT2D eigenvalue weighted by Crippen LogP contribution is -2.43. The normalized spacial score (nSPS) is 13.4. The molecule has 0 radical (unpaired) electrons. The Labute approximate surface area is 167 Å². The number of carbonyl (C=O) groups excluding carboxylic acids is 3. The average Bonchev–Trinajstić information content (AvgIpc) is 2.70. The number of methoxy groups -OCH3 is 1. The molecule has 1 aliphatic heterocycles. The zero-order valence-corrected chi connectivity index (χ0v) is 16.5. The van der Waals surface area contributed by atoms with Crippen LogP contribution in [-0.2, 0) is 4.74 Å². The van der Waals surface area contributed by atoms with Gasteiger partial charge in [-0.2, -0.15) is 0 Å². The molecule has 0 fully saturated rings. The first-order chi connectivity index (χ1) is 13.9. The quantitative estimate of drug-likeness (QED) is 0.545. The molecule has 0 aromatic heterocycles. The molecule has 3 amide bonds. The van der Waals surface area contributed by atoms with Crippen LogP contribution in [0.1, 0.15) is 20.7 Å². The first-order valence-electron chi connectivity index (χ1n) is 9.26. The zero-order chi connectivity index (χ0) is 20.7. The number of ether oxygens (including phenoxy) is 1. The van der Waals surface area contributed by atoms with Crippen molar-refractivity contribution in [2.24, 2.45) is 0 Å². The molecule has 0 bridgehead atoms. The Kier molecular flexibility index (Phi) is 4.68. The predicted molar refractivity (Wildman–Crippen MR) is 111 cm³/mol. The molecule has 3 aromatic rings. The third-order valence-electron chi connectivity index (χ3n) is 5.13. The van der Waals surface area contributed by atoms with Crippen molar-refractivity contribution in [1.82, 2.24) is 9.80 Å². The number of likely N-dealkylation sites (N-methyl/N-ethyl adjacent to an activating group) is 1. The van der Waals surface area contributed by atoms with Gasteiger partial charge in [0.05, 0.1) is 18.4 Å². The Bertz CT molecular complexity index is 1170. The molecule has 0 saturated carbocycles. The van der Waals surface area contributed by atoms with Crippen LogP contribution in [0.4, 0.5) is 10.5 Å². The summed E-state index contributed by atoms with van der Waals surface area (Å²) in [5.74, 6) is -0.655. The number of hydrogen-bond acceptors (Lipinski definition) is 5. The third kappa shape index (κ3) is 3.09.